The Kier molecular flexibility index (Phi) is 5.85. The zero-order valence-electron chi connectivity index (χ0n) is 21.1. The van der Waals surface area contributed by atoms with Gasteiger partial charge in [0.25, 0.3) is 5.91 Å². The summed E-state index contributed by atoms with van der Waals surface area (Å²) < 4.78 is 18.4. The van der Waals surface area contributed by atoms with E-state index in [0.29, 0.717) is 35.9 Å². The fourth-order valence-corrected chi connectivity index (χ4v) is 4.97. The second kappa shape index (κ2) is 8.88. The van der Waals surface area contributed by atoms with Crippen LogP contribution in [0.4, 0.5) is 4.39 Å². The van der Waals surface area contributed by atoms with Gasteiger partial charge in [0.2, 0.25) is 0 Å². The first-order valence-corrected chi connectivity index (χ1v) is 11.9. The van der Waals surface area contributed by atoms with Crippen LogP contribution in [0.5, 0.6) is 0 Å². The molecule has 0 radical (unpaired) electrons. The maximum Gasteiger partial charge on any atom is 0.274 e. The molecule has 0 aliphatic carbocycles. The molecule has 0 spiro atoms. The first kappa shape index (κ1) is 23.7. The van der Waals surface area contributed by atoms with Crippen molar-refractivity contribution < 1.29 is 9.18 Å². The molecule has 8 nitrogen and oxygen atoms in total. The number of likely N-dealkylation sites (tertiary alicyclic amines) is 1. The summed E-state index contributed by atoms with van der Waals surface area (Å²) >= 11 is 0. The van der Waals surface area contributed by atoms with E-state index in [-0.39, 0.29) is 17.5 Å². The number of hydrogen-bond donors (Lipinski definition) is 1. The number of likely N-dealkylation sites (N-methyl/N-ethyl adjacent to an activating group) is 1. The predicted molar refractivity (Wildman–Crippen MR) is 136 cm³/mol. The van der Waals surface area contributed by atoms with E-state index in [1.165, 1.54) is 12.1 Å². The number of fused-ring (bicyclic) bond motifs is 1. The van der Waals surface area contributed by atoms with Crippen molar-refractivity contribution >= 4 is 16.8 Å². The van der Waals surface area contributed by atoms with Crippen molar-refractivity contribution in [3.05, 3.63) is 64.4 Å². The van der Waals surface area contributed by atoms with Crippen LogP contribution in [0.1, 0.15) is 39.4 Å². The Balaban J connectivity index is 1.73. The number of nitrogens with zero attached hydrogens (tertiary/aromatic N) is 6. The Morgan fingerprint density at radius 1 is 1.19 bits per heavy atom. The highest BCUT2D eigenvalue weighted by Crippen LogP contribution is 2.32. The van der Waals surface area contributed by atoms with E-state index in [2.05, 4.69) is 10.4 Å². The maximum atomic E-state index is 14.7. The number of amides is 1. The average Bonchev–Trinajstić information content (AvgIpc) is 3.55. The monoisotopic (exact) mass is 485 g/mol. The van der Waals surface area contributed by atoms with Gasteiger partial charge in [0.15, 0.2) is 0 Å². The van der Waals surface area contributed by atoms with Gasteiger partial charge in [-0.05, 0) is 70.1 Å². The van der Waals surface area contributed by atoms with E-state index < -0.39 is 5.82 Å². The van der Waals surface area contributed by atoms with Crippen molar-refractivity contribution in [2.45, 2.75) is 33.2 Å². The van der Waals surface area contributed by atoms with Crippen LogP contribution in [-0.2, 0) is 7.05 Å². The quantitative estimate of drug-likeness (QED) is 0.475. The fraction of sp³-hybridized carbons (Fsp3) is 0.333. The lowest BCUT2D eigenvalue weighted by atomic mass is 10.1. The average molecular weight is 486 g/mol. The van der Waals surface area contributed by atoms with Crippen LogP contribution in [0, 0.1) is 37.9 Å². The molecule has 0 bridgehead atoms. The number of aromatic nitrogens is 4. The van der Waals surface area contributed by atoms with Crippen molar-refractivity contribution in [3.8, 4) is 23.1 Å². The molecule has 36 heavy (non-hydrogen) atoms. The van der Waals surface area contributed by atoms with E-state index in [9.17, 15) is 14.4 Å². The van der Waals surface area contributed by atoms with Crippen LogP contribution >= 0.6 is 0 Å². The molecule has 5 rings (SSSR count). The summed E-state index contributed by atoms with van der Waals surface area (Å²) in [6.07, 6.45) is 0.881. The van der Waals surface area contributed by atoms with Gasteiger partial charge in [-0.1, -0.05) is 0 Å². The van der Waals surface area contributed by atoms with E-state index in [4.69, 9.17) is 4.98 Å². The Morgan fingerprint density at radius 2 is 1.97 bits per heavy atom. The van der Waals surface area contributed by atoms with Crippen LogP contribution in [0.15, 0.2) is 30.3 Å². The molecule has 1 amide bonds. The lowest BCUT2D eigenvalue weighted by Crippen LogP contribution is -2.34. The van der Waals surface area contributed by atoms with Gasteiger partial charge in [0.05, 0.1) is 22.5 Å². The number of carbonyl (C=O) groups is 1. The third kappa shape index (κ3) is 3.74. The molecular formula is C27H28FN7O. The summed E-state index contributed by atoms with van der Waals surface area (Å²) in [5.41, 5.74) is 5.16. The largest absolute Gasteiger partial charge is 0.336 e. The van der Waals surface area contributed by atoms with E-state index in [1.807, 2.05) is 67.2 Å². The molecule has 1 aliphatic heterocycles. The number of hydrogen-bond acceptors (Lipinski definition) is 5. The second-order valence-electron chi connectivity index (χ2n) is 9.40. The Bertz CT molecular complexity index is 1560. The van der Waals surface area contributed by atoms with Gasteiger partial charge in [0, 0.05) is 42.8 Å². The lowest BCUT2D eigenvalue weighted by molar-refractivity contribution is 0.0783. The molecule has 0 saturated carbocycles. The van der Waals surface area contributed by atoms with Crippen LogP contribution in [0.2, 0.25) is 0 Å². The third-order valence-corrected chi connectivity index (χ3v) is 7.23. The van der Waals surface area contributed by atoms with Gasteiger partial charge in [-0.15, -0.1) is 0 Å². The Hall–Kier alpha value is -4.03. The molecule has 1 aliphatic rings. The Morgan fingerprint density at radius 3 is 2.64 bits per heavy atom. The molecule has 1 fully saturated rings. The lowest BCUT2D eigenvalue weighted by Gasteiger charge is -2.16. The third-order valence-electron chi connectivity index (χ3n) is 7.23. The summed E-state index contributed by atoms with van der Waals surface area (Å²) in [4.78, 5) is 20.2. The summed E-state index contributed by atoms with van der Waals surface area (Å²) in [5, 5.41) is 18.0. The number of carbonyl (C=O) groups excluding carboxylic acids is 1. The molecule has 4 aromatic rings. The van der Waals surface area contributed by atoms with Crippen molar-refractivity contribution in [2.75, 3.05) is 20.1 Å². The minimum Gasteiger partial charge on any atom is -0.336 e. The van der Waals surface area contributed by atoms with Gasteiger partial charge in [-0.25, -0.2) is 9.37 Å². The van der Waals surface area contributed by atoms with Crippen LogP contribution in [0.25, 0.3) is 28.0 Å². The van der Waals surface area contributed by atoms with E-state index in [0.717, 1.165) is 34.3 Å². The predicted octanol–water partition coefficient (Wildman–Crippen LogP) is 3.80. The summed E-state index contributed by atoms with van der Waals surface area (Å²) in [6.45, 7) is 7.13. The molecule has 1 unspecified atom stereocenters. The second-order valence-corrected chi connectivity index (χ2v) is 9.40. The number of rotatable bonds is 4. The number of aryl methyl sites for hydroxylation is 3. The molecule has 2 aromatic carbocycles. The minimum absolute atomic E-state index is 0.0383. The smallest absolute Gasteiger partial charge is 0.274 e. The van der Waals surface area contributed by atoms with Gasteiger partial charge in [-0.2, -0.15) is 10.4 Å². The van der Waals surface area contributed by atoms with Gasteiger partial charge in [0.1, 0.15) is 23.4 Å². The molecule has 1 atom stereocenters. The number of nitrogens with one attached hydrogen (secondary N) is 1. The van der Waals surface area contributed by atoms with Gasteiger partial charge >= 0.3 is 0 Å². The number of imidazole rings is 1. The zero-order chi connectivity index (χ0) is 25.7. The molecule has 1 saturated heterocycles. The van der Waals surface area contributed by atoms with Crippen LogP contribution < -0.4 is 5.32 Å². The highest BCUT2D eigenvalue weighted by molar-refractivity contribution is 5.95. The van der Waals surface area contributed by atoms with Crippen molar-refractivity contribution in [1.82, 2.24) is 29.5 Å². The first-order valence-electron chi connectivity index (χ1n) is 11.9. The van der Waals surface area contributed by atoms with Crippen LogP contribution in [0.3, 0.4) is 0 Å². The molecule has 184 valence electrons. The zero-order valence-corrected chi connectivity index (χ0v) is 21.1. The molecular weight excluding hydrogens is 457 g/mol. The molecule has 2 aromatic heterocycles. The molecule has 3 heterocycles. The number of halogens is 1. The highest BCUT2D eigenvalue weighted by atomic mass is 19.1. The molecule has 1 N–H and O–H groups in total. The molecule has 9 heteroatoms. The summed E-state index contributed by atoms with van der Waals surface area (Å²) in [5.74, 6) is -0.315. The van der Waals surface area contributed by atoms with Crippen molar-refractivity contribution in [2.24, 2.45) is 7.05 Å². The topological polar surface area (TPSA) is 91.8 Å². The fourth-order valence-electron chi connectivity index (χ4n) is 4.97. The Labute approximate surface area is 209 Å². The summed E-state index contributed by atoms with van der Waals surface area (Å²) in [6, 6.07) is 10.6. The van der Waals surface area contributed by atoms with E-state index >= 15 is 0 Å². The summed E-state index contributed by atoms with van der Waals surface area (Å²) in [7, 11) is 3.80. The SMILES string of the molecule is CNC1CCN(C(=O)c2nc(-c3ccc(C#N)c(F)c3)n(-c3cc4c(C)n(C)nc4cc3C)c2C)C1. The van der Waals surface area contributed by atoms with E-state index in [1.54, 1.807) is 6.07 Å². The minimum atomic E-state index is -0.623. The highest BCUT2D eigenvalue weighted by Gasteiger charge is 2.31. The number of benzene rings is 2. The first-order chi connectivity index (χ1) is 17.2. The van der Waals surface area contributed by atoms with Gasteiger partial charge < -0.3 is 10.2 Å². The number of nitriles is 1. The van der Waals surface area contributed by atoms with Crippen molar-refractivity contribution in [3.63, 3.8) is 0 Å². The van der Waals surface area contributed by atoms with Gasteiger partial charge in [-0.3, -0.25) is 14.0 Å². The van der Waals surface area contributed by atoms with Crippen molar-refractivity contribution in [1.29, 1.82) is 5.26 Å². The van der Waals surface area contributed by atoms with Crippen LogP contribution in [-0.4, -0.2) is 56.3 Å². The normalized spacial score (nSPS) is 15.6. The standard InChI is InChI=1S/C27H28FN7O/c1-15-10-23-21(16(2)33(5)32-23)12-24(15)35-17(3)25(27(36)34-9-8-20(14-34)30-4)31-26(35)18-6-7-19(13-29)22(28)11-18/h6-7,10-12,20,30H,8-9,14H2,1-5H3. The maximum absolute atomic E-state index is 14.7.